The van der Waals surface area contributed by atoms with Gasteiger partial charge in [0, 0.05) is 11.1 Å². The predicted octanol–water partition coefficient (Wildman–Crippen LogP) is 3.32. The quantitative estimate of drug-likeness (QED) is 0.881. The lowest BCUT2D eigenvalue weighted by Gasteiger charge is -2.08. The molecule has 0 aliphatic heterocycles. The van der Waals surface area contributed by atoms with Crippen LogP contribution in [0.25, 0.3) is 0 Å². The van der Waals surface area contributed by atoms with E-state index >= 15 is 0 Å². The van der Waals surface area contributed by atoms with Gasteiger partial charge in [0.05, 0.1) is 12.1 Å². The average molecular weight is 307 g/mol. The summed E-state index contributed by atoms with van der Waals surface area (Å²) in [5, 5.41) is 2.43. The van der Waals surface area contributed by atoms with Crippen molar-refractivity contribution >= 4 is 11.7 Å². The first-order valence-corrected chi connectivity index (χ1v) is 6.41. The Labute approximate surface area is 124 Å². The summed E-state index contributed by atoms with van der Waals surface area (Å²) in [6.07, 6.45) is -4.44. The van der Waals surface area contributed by atoms with Gasteiger partial charge < -0.3 is 5.32 Å². The molecule has 0 saturated heterocycles. The number of rotatable bonds is 4. The second kappa shape index (κ2) is 6.43. The molecule has 22 heavy (non-hydrogen) atoms. The fourth-order valence-electron chi connectivity index (χ4n) is 1.80. The molecule has 114 valence electrons. The lowest BCUT2D eigenvalue weighted by molar-refractivity contribution is -0.137. The van der Waals surface area contributed by atoms with Crippen molar-refractivity contribution in [1.29, 1.82) is 0 Å². The van der Waals surface area contributed by atoms with Crippen molar-refractivity contribution in [3.05, 3.63) is 71.3 Å². The van der Waals surface area contributed by atoms with Gasteiger partial charge in [-0.3, -0.25) is 9.59 Å². The fourth-order valence-corrected chi connectivity index (χ4v) is 1.80. The highest BCUT2D eigenvalue weighted by atomic mass is 19.4. The highest BCUT2D eigenvalue weighted by molar-refractivity contribution is 6.02. The number of carbonyl (C=O) groups excluding carboxylic acids is 2. The van der Waals surface area contributed by atoms with Crippen molar-refractivity contribution in [2.75, 3.05) is 6.54 Å². The van der Waals surface area contributed by atoms with E-state index in [1.54, 1.807) is 30.3 Å². The first kappa shape index (κ1) is 15.8. The molecule has 0 aliphatic carbocycles. The maximum atomic E-state index is 12.4. The Hall–Kier alpha value is -2.63. The standard InChI is InChI=1S/C16H12F3NO2/c17-16(18,19)13-8-6-11(7-9-13)14(21)10-20-15(22)12-4-2-1-3-5-12/h1-9H,10H2,(H,20,22). The molecule has 6 heteroatoms. The summed E-state index contributed by atoms with van der Waals surface area (Å²) in [6.45, 7) is -0.279. The normalized spacial score (nSPS) is 11.0. The summed E-state index contributed by atoms with van der Waals surface area (Å²) >= 11 is 0. The number of ketones is 1. The monoisotopic (exact) mass is 307 g/mol. The van der Waals surface area contributed by atoms with Crippen LogP contribution < -0.4 is 5.32 Å². The third-order valence-electron chi connectivity index (χ3n) is 2.98. The summed E-state index contributed by atoms with van der Waals surface area (Å²) in [6, 6.07) is 12.2. The molecule has 2 aromatic carbocycles. The molecule has 3 nitrogen and oxygen atoms in total. The van der Waals surface area contributed by atoms with Gasteiger partial charge in [-0.15, -0.1) is 0 Å². The first-order chi connectivity index (χ1) is 10.4. The van der Waals surface area contributed by atoms with Gasteiger partial charge in [0.25, 0.3) is 5.91 Å². The van der Waals surface area contributed by atoms with E-state index in [2.05, 4.69) is 5.32 Å². The minimum Gasteiger partial charge on any atom is -0.345 e. The van der Waals surface area contributed by atoms with E-state index in [4.69, 9.17) is 0 Å². The SMILES string of the molecule is O=C(CNC(=O)c1ccccc1)c1ccc(C(F)(F)F)cc1. The highest BCUT2D eigenvalue weighted by Gasteiger charge is 2.30. The summed E-state index contributed by atoms with van der Waals surface area (Å²) in [5.41, 5.74) is -0.304. The molecule has 0 saturated carbocycles. The van der Waals surface area contributed by atoms with Gasteiger partial charge in [0.15, 0.2) is 5.78 Å². The Balaban J connectivity index is 1.97. The Kier molecular flexibility index (Phi) is 4.60. The van der Waals surface area contributed by atoms with E-state index < -0.39 is 23.4 Å². The van der Waals surface area contributed by atoms with Gasteiger partial charge in [-0.1, -0.05) is 30.3 Å². The van der Waals surface area contributed by atoms with E-state index in [1.807, 2.05) is 0 Å². The molecule has 0 fully saturated rings. The lowest BCUT2D eigenvalue weighted by Crippen LogP contribution is -2.29. The Morgan fingerprint density at radius 3 is 2.00 bits per heavy atom. The minimum absolute atomic E-state index is 0.112. The fraction of sp³-hybridized carbons (Fsp3) is 0.125. The zero-order valence-electron chi connectivity index (χ0n) is 11.4. The van der Waals surface area contributed by atoms with Crippen molar-refractivity contribution < 1.29 is 22.8 Å². The zero-order chi connectivity index (χ0) is 16.2. The van der Waals surface area contributed by atoms with Gasteiger partial charge in [-0.2, -0.15) is 13.2 Å². The molecule has 0 atom stereocenters. The van der Waals surface area contributed by atoms with Crippen LogP contribution in [0.5, 0.6) is 0 Å². The average Bonchev–Trinajstić information content (AvgIpc) is 2.52. The number of hydrogen-bond donors (Lipinski definition) is 1. The van der Waals surface area contributed by atoms with E-state index in [-0.39, 0.29) is 12.1 Å². The topological polar surface area (TPSA) is 46.2 Å². The van der Waals surface area contributed by atoms with E-state index in [1.165, 1.54) is 0 Å². The smallest absolute Gasteiger partial charge is 0.345 e. The number of Topliss-reactive ketones (excluding diaryl/α,β-unsaturated/α-hetero) is 1. The summed E-state index contributed by atoms with van der Waals surface area (Å²) < 4.78 is 37.3. The zero-order valence-corrected chi connectivity index (χ0v) is 11.4. The molecule has 0 aromatic heterocycles. The number of benzene rings is 2. The second-order valence-electron chi connectivity index (χ2n) is 4.55. The Bertz CT molecular complexity index is 664. The summed E-state index contributed by atoms with van der Waals surface area (Å²) in [5.74, 6) is -0.876. The molecule has 1 amide bonds. The van der Waals surface area contributed by atoms with Crippen molar-refractivity contribution in [3.63, 3.8) is 0 Å². The maximum Gasteiger partial charge on any atom is 0.416 e. The van der Waals surface area contributed by atoms with Crippen LogP contribution in [-0.2, 0) is 6.18 Å². The van der Waals surface area contributed by atoms with Crippen molar-refractivity contribution in [1.82, 2.24) is 5.32 Å². The van der Waals surface area contributed by atoms with Gasteiger partial charge in [-0.05, 0) is 24.3 Å². The first-order valence-electron chi connectivity index (χ1n) is 6.41. The lowest BCUT2D eigenvalue weighted by atomic mass is 10.1. The Morgan fingerprint density at radius 2 is 1.45 bits per heavy atom. The number of nitrogens with one attached hydrogen (secondary N) is 1. The van der Waals surface area contributed by atoms with Crippen LogP contribution >= 0.6 is 0 Å². The molecule has 0 heterocycles. The highest BCUT2D eigenvalue weighted by Crippen LogP contribution is 2.29. The van der Waals surface area contributed by atoms with Crippen molar-refractivity contribution in [2.45, 2.75) is 6.18 Å². The third kappa shape index (κ3) is 3.94. The molecule has 0 spiro atoms. The predicted molar refractivity (Wildman–Crippen MR) is 74.5 cm³/mol. The van der Waals surface area contributed by atoms with Crippen LogP contribution in [0.4, 0.5) is 13.2 Å². The van der Waals surface area contributed by atoms with Gasteiger partial charge in [0.1, 0.15) is 0 Å². The molecule has 0 aliphatic rings. The van der Waals surface area contributed by atoms with E-state index in [0.29, 0.717) is 5.56 Å². The molecule has 0 unspecified atom stereocenters. The molecule has 1 N–H and O–H groups in total. The van der Waals surface area contributed by atoms with Gasteiger partial charge >= 0.3 is 6.18 Å². The molecular formula is C16H12F3NO2. The maximum absolute atomic E-state index is 12.4. The number of hydrogen-bond acceptors (Lipinski definition) is 2. The van der Waals surface area contributed by atoms with E-state index in [9.17, 15) is 22.8 Å². The number of alkyl halides is 3. The molecule has 2 aromatic rings. The summed E-state index contributed by atoms with van der Waals surface area (Å²) in [7, 11) is 0. The van der Waals surface area contributed by atoms with E-state index in [0.717, 1.165) is 24.3 Å². The van der Waals surface area contributed by atoms with Crippen LogP contribution in [0.15, 0.2) is 54.6 Å². The van der Waals surface area contributed by atoms with Crippen LogP contribution in [0.1, 0.15) is 26.3 Å². The van der Waals surface area contributed by atoms with Crippen LogP contribution in [0.3, 0.4) is 0 Å². The van der Waals surface area contributed by atoms with Crippen molar-refractivity contribution in [2.24, 2.45) is 0 Å². The summed E-state index contributed by atoms with van der Waals surface area (Å²) in [4.78, 5) is 23.6. The van der Waals surface area contributed by atoms with Crippen LogP contribution in [-0.4, -0.2) is 18.2 Å². The van der Waals surface area contributed by atoms with Crippen LogP contribution in [0.2, 0.25) is 0 Å². The van der Waals surface area contributed by atoms with Crippen LogP contribution in [0, 0.1) is 0 Å². The van der Waals surface area contributed by atoms with Gasteiger partial charge in [-0.25, -0.2) is 0 Å². The number of carbonyl (C=O) groups is 2. The number of halogens is 3. The van der Waals surface area contributed by atoms with Gasteiger partial charge in [0.2, 0.25) is 0 Å². The third-order valence-corrected chi connectivity index (χ3v) is 2.98. The molecule has 0 radical (unpaired) electrons. The molecule has 0 bridgehead atoms. The second-order valence-corrected chi connectivity index (χ2v) is 4.55. The molecular weight excluding hydrogens is 295 g/mol. The van der Waals surface area contributed by atoms with Crippen molar-refractivity contribution in [3.8, 4) is 0 Å². The largest absolute Gasteiger partial charge is 0.416 e. The minimum atomic E-state index is -4.44. The number of amides is 1. The molecule has 2 rings (SSSR count). The Morgan fingerprint density at radius 1 is 0.864 bits per heavy atom.